The van der Waals surface area contributed by atoms with Gasteiger partial charge in [-0.2, -0.15) is 0 Å². The third-order valence-electron chi connectivity index (χ3n) is 2.27. The van der Waals surface area contributed by atoms with Gasteiger partial charge in [-0.3, -0.25) is 0 Å². The van der Waals surface area contributed by atoms with Crippen molar-refractivity contribution in [2.75, 3.05) is 11.4 Å². The lowest BCUT2D eigenvalue weighted by Crippen LogP contribution is -2.23. The Balaban J connectivity index is 2.19. The van der Waals surface area contributed by atoms with E-state index < -0.39 is 0 Å². The largest absolute Gasteiger partial charge is 0.355 e. The van der Waals surface area contributed by atoms with Crippen molar-refractivity contribution in [2.24, 2.45) is 0 Å². The number of hydrogen-bond donors (Lipinski definition) is 0. The summed E-state index contributed by atoms with van der Waals surface area (Å²) in [7, 11) is 0. The zero-order chi connectivity index (χ0) is 8.39. The number of anilines is 1. The Labute approximate surface area is 77.9 Å². The van der Waals surface area contributed by atoms with Crippen molar-refractivity contribution < 1.29 is 0 Å². The molecule has 1 heterocycles. The van der Waals surface area contributed by atoms with E-state index in [4.69, 9.17) is 11.6 Å². The van der Waals surface area contributed by atoms with Crippen molar-refractivity contribution in [3.63, 3.8) is 0 Å². The number of nitrogens with zero attached hydrogens (tertiary/aromatic N) is 1. The van der Waals surface area contributed by atoms with Crippen LogP contribution in [-0.2, 0) is 0 Å². The summed E-state index contributed by atoms with van der Waals surface area (Å²) >= 11 is 6.14. The van der Waals surface area contributed by atoms with Crippen molar-refractivity contribution in [2.45, 2.75) is 18.3 Å². The van der Waals surface area contributed by atoms with Crippen LogP contribution in [0.3, 0.4) is 0 Å². The first kappa shape index (κ1) is 7.93. The zero-order valence-corrected chi connectivity index (χ0v) is 7.67. The standard InChI is InChI=1S/C10H12ClN/c11-10-7-4-8-12(10)9-5-2-1-3-6-9/h1-3,5-6,10H,4,7-8H2. The predicted molar refractivity (Wildman–Crippen MR) is 52.7 cm³/mol. The minimum atomic E-state index is 0.201. The van der Waals surface area contributed by atoms with E-state index in [-0.39, 0.29) is 5.50 Å². The second-order valence-corrected chi connectivity index (χ2v) is 3.61. The van der Waals surface area contributed by atoms with Crippen molar-refractivity contribution >= 4 is 17.3 Å². The molecular formula is C10H12ClN. The van der Waals surface area contributed by atoms with E-state index in [0.717, 1.165) is 13.0 Å². The Morgan fingerprint density at radius 2 is 2.00 bits per heavy atom. The lowest BCUT2D eigenvalue weighted by Gasteiger charge is -2.21. The van der Waals surface area contributed by atoms with Crippen LogP contribution in [0.25, 0.3) is 0 Å². The number of halogens is 1. The molecule has 2 rings (SSSR count). The Bertz CT molecular complexity index is 247. The Morgan fingerprint density at radius 1 is 1.25 bits per heavy atom. The first-order valence-electron chi connectivity index (χ1n) is 4.34. The Hall–Kier alpha value is -0.690. The van der Waals surface area contributed by atoms with Crippen LogP contribution < -0.4 is 4.90 Å². The molecule has 1 aromatic rings. The van der Waals surface area contributed by atoms with E-state index in [0.29, 0.717) is 0 Å². The van der Waals surface area contributed by atoms with E-state index in [2.05, 4.69) is 29.2 Å². The van der Waals surface area contributed by atoms with E-state index in [1.54, 1.807) is 0 Å². The van der Waals surface area contributed by atoms with Gasteiger partial charge in [-0.25, -0.2) is 0 Å². The highest BCUT2D eigenvalue weighted by atomic mass is 35.5. The number of para-hydroxylation sites is 1. The summed E-state index contributed by atoms with van der Waals surface area (Å²) in [5, 5.41) is 0. The van der Waals surface area contributed by atoms with Gasteiger partial charge < -0.3 is 4.90 Å². The van der Waals surface area contributed by atoms with E-state index >= 15 is 0 Å². The molecule has 1 atom stereocenters. The monoisotopic (exact) mass is 181 g/mol. The summed E-state index contributed by atoms with van der Waals surface area (Å²) in [4.78, 5) is 2.25. The van der Waals surface area contributed by atoms with Gasteiger partial charge in [0.15, 0.2) is 0 Å². The van der Waals surface area contributed by atoms with Gasteiger partial charge in [-0.1, -0.05) is 29.8 Å². The lowest BCUT2D eigenvalue weighted by atomic mass is 10.3. The van der Waals surface area contributed by atoms with Crippen molar-refractivity contribution in [3.05, 3.63) is 30.3 Å². The van der Waals surface area contributed by atoms with Crippen molar-refractivity contribution in [1.82, 2.24) is 0 Å². The normalized spacial score (nSPS) is 23.1. The van der Waals surface area contributed by atoms with Gasteiger partial charge in [0, 0.05) is 12.2 Å². The summed E-state index contributed by atoms with van der Waals surface area (Å²) in [5.74, 6) is 0. The van der Waals surface area contributed by atoms with Crippen LogP contribution in [0.2, 0.25) is 0 Å². The Morgan fingerprint density at radius 3 is 2.58 bits per heavy atom. The average Bonchev–Trinajstić information content (AvgIpc) is 2.53. The molecule has 1 saturated heterocycles. The maximum atomic E-state index is 6.14. The summed E-state index contributed by atoms with van der Waals surface area (Å²) in [6, 6.07) is 10.4. The number of hydrogen-bond acceptors (Lipinski definition) is 1. The van der Waals surface area contributed by atoms with Crippen LogP contribution in [0.15, 0.2) is 30.3 Å². The first-order chi connectivity index (χ1) is 5.88. The molecule has 0 spiro atoms. The number of rotatable bonds is 1. The quantitative estimate of drug-likeness (QED) is 0.476. The lowest BCUT2D eigenvalue weighted by molar-refractivity contribution is 0.883. The molecule has 1 fully saturated rings. The minimum Gasteiger partial charge on any atom is -0.355 e. The highest BCUT2D eigenvalue weighted by Crippen LogP contribution is 2.26. The van der Waals surface area contributed by atoms with Gasteiger partial charge in [-0.05, 0) is 25.0 Å². The number of alkyl halides is 1. The molecule has 2 heteroatoms. The average molecular weight is 182 g/mol. The Kier molecular flexibility index (Phi) is 2.22. The van der Waals surface area contributed by atoms with Crippen molar-refractivity contribution in [3.8, 4) is 0 Å². The predicted octanol–water partition coefficient (Wildman–Crippen LogP) is 2.85. The van der Waals surface area contributed by atoms with Gasteiger partial charge in [0.05, 0.1) is 0 Å². The first-order valence-corrected chi connectivity index (χ1v) is 4.77. The summed E-state index contributed by atoms with van der Waals surface area (Å²) in [6.07, 6.45) is 2.32. The summed E-state index contributed by atoms with van der Waals surface area (Å²) < 4.78 is 0. The van der Waals surface area contributed by atoms with Crippen LogP contribution in [0.1, 0.15) is 12.8 Å². The maximum Gasteiger partial charge on any atom is 0.104 e. The molecule has 1 unspecified atom stereocenters. The van der Waals surface area contributed by atoms with Gasteiger partial charge in [0.2, 0.25) is 0 Å². The molecule has 1 aliphatic heterocycles. The van der Waals surface area contributed by atoms with E-state index in [1.807, 2.05) is 6.07 Å². The van der Waals surface area contributed by atoms with Gasteiger partial charge in [0.25, 0.3) is 0 Å². The van der Waals surface area contributed by atoms with Crippen molar-refractivity contribution in [1.29, 1.82) is 0 Å². The molecule has 64 valence electrons. The number of benzene rings is 1. The topological polar surface area (TPSA) is 3.24 Å². The highest BCUT2D eigenvalue weighted by molar-refractivity contribution is 6.22. The summed E-state index contributed by atoms with van der Waals surface area (Å²) in [5.41, 5.74) is 1.45. The summed E-state index contributed by atoms with van der Waals surface area (Å²) in [6.45, 7) is 1.10. The molecule has 0 amide bonds. The fourth-order valence-corrected chi connectivity index (χ4v) is 2.00. The van der Waals surface area contributed by atoms with E-state index in [1.165, 1.54) is 12.1 Å². The molecule has 0 aromatic heterocycles. The second kappa shape index (κ2) is 3.36. The molecule has 0 aliphatic carbocycles. The SMILES string of the molecule is ClC1CCCN1c1ccccc1. The molecular weight excluding hydrogens is 170 g/mol. The molecule has 1 nitrogen and oxygen atoms in total. The fourth-order valence-electron chi connectivity index (χ4n) is 1.64. The molecule has 1 aromatic carbocycles. The smallest absolute Gasteiger partial charge is 0.104 e. The van der Waals surface area contributed by atoms with Crippen LogP contribution in [0, 0.1) is 0 Å². The third kappa shape index (κ3) is 1.42. The highest BCUT2D eigenvalue weighted by Gasteiger charge is 2.21. The van der Waals surface area contributed by atoms with Gasteiger partial charge in [-0.15, -0.1) is 0 Å². The van der Waals surface area contributed by atoms with Crippen LogP contribution in [0.4, 0.5) is 5.69 Å². The minimum absolute atomic E-state index is 0.201. The molecule has 1 aliphatic rings. The molecule has 0 radical (unpaired) electrons. The zero-order valence-electron chi connectivity index (χ0n) is 6.91. The fraction of sp³-hybridized carbons (Fsp3) is 0.400. The van der Waals surface area contributed by atoms with Crippen LogP contribution in [0.5, 0.6) is 0 Å². The third-order valence-corrected chi connectivity index (χ3v) is 2.72. The maximum absolute atomic E-state index is 6.14. The van der Waals surface area contributed by atoms with Gasteiger partial charge >= 0.3 is 0 Å². The van der Waals surface area contributed by atoms with Crippen LogP contribution >= 0.6 is 11.6 Å². The second-order valence-electron chi connectivity index (χ2n) is 3.11. The van der Waals surface area contributed by atoms with Crippen LogP contribution in [-0.4, -0.2) is 12.0 Å². The van der Waals surface area contributed by atoms with Gasteiger partial charge in [0.1, 0.15) is 5.50 Å². The van der Waals surface area contributed by atoms with E-state index in [9.17, 15) is 0 Å². The molecule has 12 heavy (non-hydrogen) atoms. The molecule has 0 bridgehead atoms. The molecule has 0 N–H and O–H groups in total. The molecule has 0 saturated carbocycles.